The summed E-state index contributed by atoms with van der Waals surface area (Å²) in [6, 6.07) is 6.00. The molecule has 2 atom stereocenters. The van der Waals surface area contributed by atoms with E-state index in [-0.39, 0.29) is 11.7 Å². The molecule has 3 nitrogen and oxygen atoms in total. The van der Waals surface area contributed by atoms with E-state index in [2.05, 4.69) is 24.1 Å². The Morgan fingerprint density at radius 2 is 2.05 bits per heavy atom. The smallest absolute Gasteiger partial charge is 0.225 e. The molecule has 110 valence electrons. The summed E-state index contributed by atoms with van der Waals surface area (Å²) in [5, 5.41) is 2.74. The molecule has 4 heteroatoms. The number of amides is 1. The summed E-state index contributed by atoms with van der Waals surface area (Å²) in [7, 11) is 0. The molecule has 1 fully saturated rings. The summed E-state index contributed by atoms with van der Waals surface area (Å²) in [4.78, 5) is 14.2. The Morgan fingerprint density at radius 3 is 2.70 bits per heavy atom. The molecule has 1 amide bonds. The lowest BCUT2D eigenvalue weighted by Gasteiger charge is -2.34. The molecular weight excluding hydrogens is 255 g/mol. The Balaban J connectivity index is 1.77. The van der Waals surface area contributed by atoms with Crippen LogP contribution in [0.1, 0.15) is 26.7 Å². The van der Waals surface area contributed by atoms with Gasteiger partial charge in [-0.1, -0.05) is 19.9 Å². The zero-order chi connectivity index (χ0) is 14.5. The normalized spacial score (nSPS) is 23.6. The van der Waals surface area contributed by atoms with E-state index in [1.807, 2.05) is 0 Å². The van der Waals surface area contributed by atoms with E-state index in [1.54, 1.807) is 12.1 Å². The third kappa shape index (κ3) is 4.60. The molecule has 20 heavy (non-hydrogen) atoms. The number of benzene rings is 1. The highest BCUT2D eigenvalue weighted by molar-refractivity contribution is 5.90. The van der Waals surface area contributed by atoms with Gasteiger partial charge in [0.05, 0.1) is 0 Å². The Labute approximate surface area is 120 Å². The number of carbonyl (C=O) groups is 1. The lowest BCUT2D eigenvalue weighted by Crippen LogP contribution is -2.40. The second-order valence-electron chi connectivity index (χ2n) is 6.01. The standard InChI is InChI=1S/C16H23FN2O/c1-12-8-13(2)11-19(10-12)7-6-16(20)18-15-5-3-4-14(17)9-15/h3-5,9,12-13H,6-8,10-11H2,1-2H3,(H,18,20)/t12-,13+. The van der Waals surface area contributed by atoms with Crippen molar-refractivity contribution in [2.45, 2.75) is 26.7 Å². The maximum absolute atomic E-state index is 13.0. The van der Waals surface area contributed by atoms with Crippen LogP contribution in [-0.4, -0.2) is 30.4 Å². The zero-order valence-electron chi connectivity index (χ0n) is 12.2. The Hall–Kier alpha value is -1.42. The van der Waals surface area contributed by atoms with Gasteiger partial charge in [0.2, 0.25) is 5.91 Å². The van der Waals surface area contributed by atoms with Crippen LogP contribution in [-0.2, 0) is 4.79 Å². The van der Waals surface area contributed by atoms with Crippen LogP contribution in [0.4, 0.5) is 10.1 Å². The minimum Gasteiger partial charge on any atom is -0.326 e. The first-order valence-corrected chi connectivity index (χ1v) is 7.30. The second kappa shape index (κ2) is 6.84. The molecule has 1 heterocycles. The topological polar surface area (TPSA) is 32.3 Å². The van der Waals surface area contributed by atoms with Crippen LogP contribution in [0.25, 0.3) is 0 Å². The van der Waals surface area contributed by atoms with Gasteiger partial charge in [-0.15, -0.1) is 0 Å². The quantitative estimate of drug-likeness (QED) is 0.917. The van der Waals surface area contributed by atoms with E-state index in [1.165, 1.54) is 18.6 Å². The number of carbonyl (C=O) groups excluding carboxylic acids is 1. The molecule has 1 aliphatic rings. The van der Waals surface area contributed by atoms with Crippen LogP contribution < -0.4 is 5.32 Å². The Kier molecular flexibility index (Phi) is 5.12. The number of rotatable bonds is 4. The lowest BCUT2D eigenvalue weighted by molar-refractivity contribution is -0.116. The highest BCUT2D eigenvalue weighted by Crippen LogP contribution is 2.21. The van der Waals surface area contributed by atoms with Gasteiger partial charge in [0.1, 0.15) is 5.82 Å². The van der Waals surface area contributed by atoms with E-state index in [4.69, 9.17) is 0 Å². The average Bonchev–Trinajstić information content (AvgIpc) is 2.35. The van der Waals surface area contributed by atoms with E-state index in [9.17, 15) is 9.18 Å². The fraction of sp³-hybridized carbons (Fsp3) is 0.562. The maximum Gasteiger partial charge on any atom is 0.225 e. The van der Waals surface area contributed by atoms with Crippen LogP contribution in [0.15, 0.2) is 24.3 Å². The van der Waals surface area contributed by atoms with Crippen LogP contribution in [0.5, 0.6) is 0 Å². The highest BCUT2D eigenvalue weighted by atomic mass is 19.1. The van der Waals surface area contributed by atoms with Crippen molar-refractivity contribution >= 4 is 11.6 Å². The van der Waals surface area contributed by atoms with E-state index < -0.39 is 0 Å². The number of hydrogen-bond donors (Lipinski definition) is 1. The molecular formula is C16H23FN2O. The first kappa shape index (κ1) is 15.0. The van der Waals surface area contributed by atoms with Gasteiger partial charge in [0.25, 0.3) is 0 Å². The molecule has 1 aromatic carbocycles. The molecule has 1 saturated heterocycles. The number of anilines is 1. The third-order valence-corrected chi connectivity index (χ3v) is 3.71. The van der Waals surface area contributed by atoms with E-state index in [0.717, 1.165) is 19.6 Å². The number of likely N-dealkylation sites (tertiary alicyclic amines) is 1. The maximum atomic E-state index is 13.0. The predicted molar refractivity (Wildman–Crippen MR) is 79.0 cm³/mol. The monoisotopic (exact) mass is 278 g/mol. The lowest BCUT2D eigenvalue weighted by atomic mass is 9.92. The summed E-state index contributed by atoms with van der Waals surface area (Å²) >= 11 is 0. The SMILES string of the molecule is C[C@@H]1C[C@H](C)CN(CCC(=O)Nc2cccc(F)c2)C1. The first-order chi connectivity index (χ1) is 9.52. The van der Waals surface area contributed by atoms with E-state index in [0.29, 0.717) is 23.9 Å². The number of hydrogen-bond acceptors (Lipinski definition) is 2. The minimum atomic E-state index is -0.332. The summed E-state index contributed by atoms with van der Waals surface area (Å²) in [5.41, 5.74) is 0.524. The van der Waals surface area contributed by atoms with Gasteiger partial charge in [-0.3, -0.25) is 4.79 Å². The van der Waals surface area contributed by atoms with Crippen molar-refractivity contribution in [3.8, 4) is 0 Å². The summed E-state index contributed by atoms with van der Waals surface area (Å²) in [6.45, 7) is 7.43. The predicted octanol–water partition coefficient (Wildman–Crippen LogP) is 3.13. The van der Waals surface area contributed by atoms with Crippen molar-refractivity contribution in [1.82, 2.24) is 4.90 Å². The molecule has 0 aliphatic carbocycles. The van der Waals surface area contributed by atoms with Crippen molar-refractivity contribution in [3.05, 3.63) is 30.1 Å². The fourth-order valence-electron chi connectivity index (χ4n) is 3.02. The number of nitrogens with zero attached hydrogens (tertiary/aromatic N) is 1. The van der Waals surface area contributed by atoms with Gasteiger partial charge in [-0.25, -0.2) is 4.39 Å². The van der Waals surface area contributed by atoms with Crippen molar-refractivity contribution < 1.29 is 9.18 Å². The summed E-state index contributed by atoms with van der Waals surface area (Å²) in [5.74, 6) is 1.01. The van der Waals surface area contributed by atoms with Gasteiger partial charge in [-0.2, -0.15) is 0 Å². The Bertz CT molecular complexity index is 454. The summed E-state index contributed by atoms with van der Waals surface area (Å²) < 4.78 is 13.0. The first-order valence-electron chi connectivity index (χ1n) is 7.30. The van der Waals surface area contributed by atoms with Gasteiger partial charge < -0.3 is 10.2 Å². The Morgan fingerprint density at radius 1 is 1.35 bits per heavy atom. The average molecular weight is 278 g/mol. The molecule has 1 aromatic rings. The van der Waals surface area contributed by atoms with Crippen LogP contribution in [0.2, 0.25) is 0 Å². The molecule has 0 saturated carbocycles. The highest BCUT2D eigenvalue weighted by Gasteiger charge is 2.21. The fourth-order valence-corrected chi connectivity index (χ4v) is 3.02. The van der Waals surface area contributed by atoms with Gasteiger partial charge in [0, 0.05) is 31.7 Å². The largest absolute Gasteiger partial charge is 0.326 e. The number of halogens is 1. The van der Waals surface area contributed by atoms with Crippen molar-refractivity contribution in [2.75, 3.05) is 25.0 Å². The van der Waals surface area contributed by atoms with Crippen LogP contribution >= 0.6 is 0 Å². The van der Waals surface area contributed by atoms with Crippen molar-refractivity contribution in [1.29, 1.82) is 0 Å². The molecule has 1 aliphatic heterocycles. The van der Waals surface area contributed by atoms with Gasteiger partial charge in [0.15, 0.2) is 0 Å². The molecule has 0 aromatic heterocycles. The van der Waals surface area contributed by atoms with Gasteiger partial charge >= 0.3 is 0 Å². The molecule has 2 rings (SSSR count). The van der Waals surface area contributed by atoms with Gasteiger partial charge in [-0.05, 0) is 36.5 Å². The van der Waals surface area contributed by atoms with Crippen molar-refractivity contribution in [2.24, 2.45) is 11.8 Å². The molecule has 0 bridgehead atoms. The van der Waals surface area contributed by atoms with E-state index >= 15 is 0 Å². The van der Waals surface area contributed by atoms with Crippen LogP contribution in [0.3, 0.4) is 0 Å². The molecule has 0 spiro atoms. The molecule has 0 radical (unpaired) electrons. The molecule has 0 unspecified atom stereocenters. The number of piperidine rings is 1. The minimum absolute atomic E-state index is 0.0542. The molecule has 1 N–H and O–H groups in total. The van der Waals surface area contributed by atoms with Crippen LogP contribution in [0, 0.1) is 17.7 Å². The summed E-state index contributed by atoms with van der Waals surface area (Å²) in [6.07, 6.45) is 1.72. The zero-order valence-corrected chi connectivity index (χ0v) is 12.2. The van der Waals surface area contributed by atoms with Crippen molar-refractivity contribution in [3.63, 3.8) is 0 Å². The third-order valence-electron chi connectivity index (χ3n) is 3.71. The number of nitrogens with one attached hydrogen (secondary N) is 1. The second-order valence-corrected chi connectivity index (χ2v) is 6.01.